The van der Waals surface area contributed by atoms with Crippen LogP contribution in [0.3, 0.4) is 0 Å². The maximum atomic E-state index is 11.9. The van der Waals surface area contributed by atoms with Crippen molar-refractivity contribution in [3.05, 3.63) is 57.2 Å². The summed E-state index contributed by atoms with van der Waals surface area (Å²) < 4.78 is 0. The number of pyridine rings is 2. The monoisotopic (exact) mass is 263 g/mol. The molecule has 0 atom stereocenters. The predicted octanol–water partition coefficient (Wildman–Crippen LogP) is 1.98. The Kier molecular flexibility index (Phi) is 3.43. The zero-order valence-corrected chi connectivity index (χ0v) is 10.3. The Morgan fingerprint density at radius 3 is 2.83 bits per heavy atom. The summed E-state index contributed by atoms with van der Waals surface area (Å²) in [5.74, 6) is -0.487. The highest BCUT2D eigenvalue weighted by atomic mass is 35.5. The molecule has 18 heavy (non-hydrogen) atoms. The normalized spacial score (nSPS) is 10.1. The first-order valence-electron chi connectivity index (χ1n) is 5.19. The van der Waals surface area contributed by atoms with Crippen molar-refractivity contribution in [2.24, 2.45) is 0 Å². The van der Waals surface area contributed by atoms with E-state index in [1.54, 1.807) is 19.1 Å². The number of amides is 1. The second kappa shape index (κ2) is 5.01. The van der Waals surface area contributed by atoms with Crippen LogP contribution in [-0.4, -0.2) is 15.9 Å². The minimum absolute atomic E-state index is 0.0496. The Labute approximate surface area is 108 Å². The van der Waals surface area contributed by atoms with Crippen LogP contribution in [0, 0.1) is 6.92 Å². The first-order chi connectivity index (χ1) is 8.56. The van der Waals surface area contributed by atoms with E-state index in [0.717, 1.165) is 0 Å². The van der Waals surface area contributed by atoms with Gasteiger partial charge in [-0.3, -0.25) is 9.59 Å². The molecule has 6 heteroatoms. The van der Waals surface area contributed by atoms with E-state index in [0.29, 0.717) is 11.4 Å². The number of hydrogen-bond donors (Lipinski definition) is 2. The Morgan fingerprint density at radius 2 is 2.17 bits per heavy atom. The lowest BCUT2D eigenvalue weighted by Crippen LogP contribution is -2.23. The summed E-state index contributed by atoms with van der Waals surface area (Å²) in [6.45, 7) is 1.74. The fourth-order valence-electron chi connectivity index (χ4n) is 1.43. The summed E-state index contributed by atoms with van der Waals surface area (Å²) >= 11 is 5.70. The van der Waals surface area contributed by atoms with Gasteiger partial charge in [0.1, 0.15) is 10.7 Å². The number of aromatic nitrogens is 2. The van der Waals surface area contributed by atoms with Gasteiger partial charge in [0.15, 0.2) is 0 Å². The number of aryl methyl sites for hydroxylation is 1. The molecule has 92 valence electrons. The third-order valence-corrected chi connectivity index (χ3v) is 2.49. The van der Waals surface area contributed by atoms with Gasteiger partial charge in [-0.15, -0.1) is 0 Å². The summed E-state index contributed by atoms with van der Waals surface area (Å²) in [6.07, 6.45) is 1.47. The van der Waals surface area contributed by atoms with E-state index in [4.69, 9.17) is 11.6 Å². The van der Waals surface area contributed by atoms with Crippen LogP contribution in [0.15, 0.2) is 35.3 Å². The van der Waals surface area contributed by atoms with E-state index in [1.807, 2.05) is 0 Å². The Hall–Kier alpha value is -2.14. The highest BCUT2D eigenvalue weighted by Crippen LogP contribution is 2.12. The van der Waals surface area contributed by atoms with Crippen molar-refractivity contribution in [3.8, 4) is 0 Å². The van der Waals surface area contributed by atoms with Crippen molar-refractivity contribution in [3.63, 3.8) is 0 Å². The molecule has 0 unspecified atom stereocenters. The molecule has 0 aliphatic carbocycles. The lowest BCUT2D eigenvalue weighted by molar-refractivity contribution is 0.102. The Bertz CT molecular complexity index is 652. The molecule has 1 amide bonds. The molecule has 0 aliphatic heterocycles. The van der Waals surface area contributed by atoms with E-state index in [9.17, 15) is 9.59 Å². The van der Waals surface area contributed by atoms with E-state index >= 15 is 0 Å². The third-order valence-electron chi connectivity index (χ3n) is 2.28. The van der Waals surface area contributed by atoms with Crippen LogP contribution < -0.4 is 10.9 Å². The molecule has 0 radical (unpaired) electrons. The second-order valence-corrected chi connectivity index (χ2v) is 4.09. The maximum absolute atomic E-state index is 11.9. The summed E-state index contributed by atoms with van der Waals surface area (Å²) in [4.78, 5) is 29.8. The average Bonchev–Trinajstić information content (AvgIpc) is 2.28. The molecule has 0 spiro atoms. The van der Waals surface area contributed by atoms with Crippen molar-refractivity contribution in [2.75, 3.05) is 5.32 Å². The topological polar surface area (TPSA) is 74.8 Å². The molecule has 0 bridgehead atoms. The van der Waals surface area contributed by atoms with Gasteiger partial charge in [0.25, 0.3) is 11.5 Å². The fraction of sp³-hybridized carbons (Fsp3) is 0.0833. The lowest BCUT2D eigenvalue weighted by Gasteiger charge is -2.04. The largest absolute Gasteiger partial charge is 0.326 e. The first-order valence-corrected chi connectivity index (χ1v) is 5.57. The van der Waals surface area contributed by atoms with Crippen molar-refractivity contribution in [2.45, 2.75) is 6.92 Å². The second-order valence-electron chi connectivity index (χ2n) is 3.71. The molecule has 2 rings (SSSR count). The highest BCUT2D eigenvalue weighted by molar-refractivity contribution is 6.29. The molecule has 0 aliphatic rings. The number of halogens is 1. The molecule has 0 saturated carbocycles. The number of H-pyrrole nitrogens is 1. The SMILES string of the molecule is Cc1ccc(C(=O)Nc2ccnc(Cl)c2)c(=O)[nH]1. The van der Waals surface area contributed by atoms with Crippen molar-refractivity contribution >= 4 is 23.2 Å². The van der Waals surface area contributed by atoms with Crippen molar-refractivity contribution in [1.29, 1.82) is 0 Å². The van der Waals surface area contributed by atoms with E-state index in [-0.39, 0.29) is 10.7 Å². The fourth-order valence-corrected chi connectivity index (χ4v) is 1.60. The molecule has 0 fully saturated rings. The summed E-state index contributed by atoms with van der Waals surface area (Å²) in [7, 11) is 0. The van der Waals surface area contributed by atoms with Gasteiger partial charge in [0.05, 0.1) is 0 Å². The third kappa shape index (κ3) is 2.75. The maximum Gasteiger partial charge on any atom is 0.261 e. The molecular formula is C12H10ClN3O2. The quantitative estimate of drug-likeness (QED) is 0.814. The first kappa shape index (κ1) is 12.3. The molecule has 2 heterocycles. The van der Waals surface area contributed by atoms with Gasteiger partial charge >= 0.3 is 0 Å². The molecular weight excluding hydrogens is 254 g/mol. The lowest BCUT2D eigenvalue weighted by atomic mass is 10.2. The number of nitrogens with zero attached hydrogens (tertiary/aromatic N) is 1. The summed E-state index contributed by atoms with van der Waals surface area (Å²) in [5.41, 5.74) is 0.810. The van der Waals surface area contributed by atoms with E-state index < -0.39 is 11.5 Å². The zero-order valence-electron chi connectivity index (χ0n) is 9.53. The predicted molar refractivity (Wildman–Crippen MR) is 69.0 cm³/mol. The van der Waals surface area contributed by atoms with Crippen LogP contribution in [0.4, 0.5) is 5.69 Å². The highest BCUT2D eigenvalue weighted by Gasteiger charge is 2.10. The molecule has 5 nitrogen and oxygen atoms in total. The van der Waals surface area contributed by atoms with Crippen LogP contribution in [0.1, 0.15) is 16.1 Å². The van der Waals surface area contributed by atoms with Gasteiger partial charge in [-0.05, 0) is 31.2 Å². The molecule has 2 N–H and O–H groups in total. The van der Waals surface area contributed by atoms with E-state index in [2.05, 4.69) is 15.3 Å². The van der Waals surface area contributed by atoms with Crippen LogP contribution >= 0.6 is 11.6 Å². The molecule has 2 aromatic rings. The molecule has 0 aromatic carbocycles. The Morgan fingerprint density at radius 1 is 1.39 bits per heavy atom. The molecule has 0 saturated heterocycles. The standard InChI is InChI=1S/C12H10ClN3O2/c1-7-2-3-9(11(17)15-7)12(18)16-8-4-5-14-10(13)6-8/h2-6H,1H3,(H,15,17)(H,14,16,18). The number of anilines is 1. The summed E-state index contributed by atoms with van der Waals surface area (Å²) in [6, 6.07) is 6.23. The van der Waals surface area contributed by atoms with Gasteiger partial charge in [0.2, 0.25) is 0 Å². The molecule has 2 aromatic heterocycles. The van der Waals surface area contributed by atoms with Crippen LogP contribution in [0.5, 0.6) is 0 Å². The van der Waals surface area contributed by atoms with E-state index in [1.165, 1.54) is 18.3 Å². The average molecular weight is 264 g/mol. The number of rotatable bonds is 2. The van der Waals surface area contributed by atoms with Crippen LogP contribution in [0.2, 0.25) is 5.15 Å². The van der Waals surface area contributed by atoms with Gasteiger partial charge in [-0.2, -0.15) is 0 Å². The number of hydrogen-bond acceptors (Lipinski definition) is 3. The van der Waals surface area contributed by atoms with Crippen LogP contribution in [-0.2, 0) is 0 Å². The van der Waals surface area contributed by atoms with Gasteiger partial charge in [-0.1, -0.05) is 11.6 Å². The zero-order chi connectivity index (χ0) is 13.1. The van der Waals surface area contributed by atoms with Crippen molar-refractivity contribution in [1.82, 2.24) is 9.97 Å². The Balaban J connectivity index is 2.25. The van der Waals surface area contributed by atoms with Gasteiger partial charge in [0, 0.05) is 17.6 Å². The number of carbonyl (C=O) groups excluding carboxylic acids is 1. The summed E-state index contributed by atoms with van der Waals surface area (Å²) in [5, 5.41) is 2.85. The number of nitrogens with one attached hydrogen (secondary N) is 2. The van der Waals surface area contributed by atoms with Gasteiger partial charge in [-0.25, -0.2) is 4.98 Å². The van der Waals surface area contributed by atoms with Crippen molar-refractivity contribution < 1.29 is 4.79 Å². The minimum Gasteiger partial charge on any atom is -0.326 e. The number of aromatic amines is 1. The van der Waals surface area contributed by atoms with Gasteiger partial charge < -0.3 is 10.3 Å². The minimum atomic E-state index is -0.487. The number of carbonyl (C=O) groups is 1. The van der Waals surface area contributed by atoms with Crippen LogP contribution in [0.25, 0.3) is 0 Å². The smallest absolute Gasteiger partial charge is 0.261 e.